The van der Waals surface area contributed by atoms with Gasteiger partial charge in [-0.05, 0) is 12.5 Å². The van der Waals surface area contributed by atoms with Crippen LogP contribution in [0.4, 0.5) is 30.5 Å². The molecule has 19 heavy (non-hydrogen) atoms. The predicted octanol–water partition coefficient (Wildman–Crippen LogP) is 3.60. The quantitative estimate of drug-likeness (QED) is 0.457. The summed E-state index contributed by atoms with van der Waals surface area (Å²) in [6.45, 7) is -5.81. The number of benzene rings is 1. The maximum absolute atomic E-state index is 13.1. The van der Waals surface area contributed by atoms with Crippen LogP contribution < -0.4 is 10.2 Å². The Hall–Kier alpha value is -1.41. The molecule has 0 aliphatic carbocycles. The SMILES string of the molecule is Fc1cc(OCCCC(F)(F)F)ccc1[B-](F)(F)F. The van der Waals surface area contributed by atoms with Gasteiger partial charge in [0, 0.05) is 12.5 Å². The third-order valence-electron chi connectivity index (χ3n) is 2.20. The molecule has 9 heteroatoms. The van der Waals surface area contributed by atoms with Crippen LogP contribution in [-0.4, -0.2) is 19.8 Å². The fraction of sp³-hybridized carbons (Fsp3) is 0.400. The van der Waals surface area contributed by atoms with E-state index in [4.69, 9.17) is 4.74 Å². The Morgan fingerprint density at radius 3 is 2.21 bits per heavy atom. The molecule has 0 aliphatic heterocycles. The van der Waals surface area contributed by atoms with Crippen LogP contribution in [0.15, 0.2) is 18.2 Å². The van der Waals surface area contributed by atoms with Gasteiger partial charge in [-0.25, -0.2) is 4.39 Å². The summed E-state index contributed by atoms with van der Waals surface area (Å²) in [5.41, 5.74) is -1.39. The summed E-state index contributed by atoms with van der Waals surface area (Å²) in [4.78, 5) is 0. The molecular weight excluding hydrogens is 280 g/mol. The molecule has 0 unspecified atom stereocenters. The van der Waals surface area contributed by atoms with Crippen molar-refractivity contribution in [1.29, 1.82) is 0 Å². The van der Waals surface area contributed by atoms with Crippen LogP contribution in [0.5, 0.6) is 5.75 Å². The van der Waals surface area contributed by atoms with E-state index in [1.165, 1.54) is 0 Å². The first-order valence-electron chi connectivity index (χ1n) is 5.28. The number of halogens is 7. The van der Waals surface area contributed by atoms with E-state index in [1.54, 1.807) is 0 Å². The molecule has 0 aliphatic rings. The Morgan fingerprint density at radius 1 is 1.11 bits per heavy atom. The van der Waals surface area contributed by atoms with Crippen LogP contribution in [0.25, 0.3) is 0 Å². The first-order chi connectivity index (χ1) is 8.59. The summed E-state index contributed by atoms with van der Waals surface area (Å²) in [5, 5.41) is 0. The molecule has 0 fully saturated rings. The molecule has 0 radical (unpaired) electrons. The van der Waals surface area contributed by atoms with Gasteiger partial charge >= 0.3 is 13.2 Å². The highest BCUT2D eigenvalue weighted by Gasteiger charge is 2.29. The van der Waals surface area contributed by atoms with Crippen LogP contribution >= 0.6 is 0 Å². The van der Waals surface area contributed by atoms with E-state index in [1.807, 2.05) is 0 Å². The molecule has 0 spiro atoms. The minimum atomic E-state index is -5.46. The van der Waals surface area contributed by atoms with Crippen molar-refractivity contribution in [3.63, 3.8) is 0 Å². The topological polar surface area (TPSA) is 9.23 Å². The molecule has 108 valence electrons. The summed E-state index contributed by atoms with van der Waals surface area (Å²) in [5.74, 6) is -1.73. The second-order valence-corrected chi connectivity index (χ2v) is 3.83. The first-order valence-corrected chi connectivity index (χ1v) is 5.28. The Bertz CT molecular complexity index is 427. The van der Waals surface area contributed by atoms with Crippen molar-refractivity contribution in [3.8, 4) is 5.75 Å². The number of rotatable bonds is 5. The lowest BCUT2D eigenvalue weighted by Gasteiger charge is -2.16. The van der Waals surface area contributed by atoms with Crippen molar-refractivity contribution in [1.82, 2.24) is 0 Å². The van der Waals surface area contributed by atoms with E-state index in [0.29, 0.717) is 12.1 Å². The number of hydrogen-bond donors (Lipinski definition) is 0. The van der Waals surface area contributed by atoms with Crippen LogP contribution in [0, 0.1) is 5.82 Å². The molecule has 1 rings (SSSR count). The van der Waals surface area contributed by atoms with Gasteiger partial charge in [-0.3, -0.25) is 0 Å². The Balaban J connectivity index is 2.55. The lowest BCUT2D eigenvalue weighted by molar-refractivity contribution is -0.136. The molecule has 0 amide bonds. The zero-order valence-electron chi connectivity index (χ0n) is 9.48. The van der Waals surface area contributed by atoms with Crippen molar-refractivity contribution in [3.05, 3.63) is 24.0 Å². The van der Waals surface area contributed by atoms with Crippen molar-refractivity contribution >= 4 is 12.4 Å². The van der Waals surface area contributed by atoms with Gasteiger partial charge in [0.25, 0.3) is 0 Å². The van der Waals surface area contributed by atoms with Crippen molar-refractivity contribution < 1.29 is 35.2 Å². The minimum Gasteiger partial charge on any atom is -0.493 e. The van der Waals surface area contributed by atoms with E-state index in [9.17, 15) is 30.5 Å². The van der Waals surface area contributed by atoms with Crippen LogP contribution in [0.3, 0.4) is 0 Å². The summed E-state index contributed by atoms with van der Waals surface area (Å²) < 4.78 is 90.0. The fourth-order valence-corrected chi connectivity index (χ4v) is 1.33. The Labute approximate surface area is 104 Å². The fourth-order valence-electron chi connectivity index (χ4n) is 1.33. The zero-order chi connectivity index (χ0) is 14.7. The van der Waals surface area contributed by atoms with Crippen molar-refractivity contribution in [2.24, 2.45) is 0 Å². The average Bonchev–Trinajstić information content (AvgIpc) is 2.21. The van der Waals surface area contributed by atoms with E-state index in [-0.39, 0.29) is 18.8 Å². The Kier molecular flexibility index (Phi) is 4.70. The average molecular weight is 289 g/mol. The largest absolute Gasteiger partial charge is 0.512 e. The third-order valence-corrected chi connectivity index (χ3v) is 2.20. The van der Waals surface area contributed by atoms with Crippen molar-refractivity contribution in [2.75, 3.05) is 6.61 Å². The van der Waals surface area contributed by atoms with Gasteiger partial charge in [-0.15, -0.1) is 0 Å². The summed E-state index contributed by atoms with van der Waals surface area (Å²) in [6.07, 6.45) is -5.74. The smallest absolute Gasteiger partial charge is 0.493 e. The lowest BCUT2D eigenvalue weighted by Crippen LogP contribution is -2.36. The van der Waals surface area contributed by atoms with Gasteiger partial charge < -0.3 is 17.7 Å². The molecule has 1 aromatic rings. The third kappa shape index (κ3) is 5.40. The summed E-state index contributed by atoms with van der Waals surface area (Å²) >= 11 is 0. The summed E-state index contributed by atoms with van der Waals surface area (Å²) in [6, 6.07) is 1.90. The second kappa shape index (κ2) is 5.71. The predicted molar refractivity (Wildman–Crippen MR) is 55.9 cm³/mol. The Morgan fingerprint density at radius 2 is 1.74 bits per heavy atom. The molecule has 1 nitrogen and oxygen atoms in total. The zero-order valence-corrected chi connectivity index (χ0v) is 9.48. The standard InChI is InChI=1S/C10H9BF7O/c12-9-6-7(2-3-8(9)11(16,17)18)19-5-1-4-10(13,14)15/h2-3,6H,1,4-5H2/q-1. The van der Waals surface area contributed by atoms with Gasteiger partial charge in [-0.2, -0.15) is 13.2 Å². The number of ether oxygens (including phenoxy) is 1. The molecule has 0 saturated heterocycles. The molecule has 0 bridgehead atoms. The van der Waals surface area contributed by atoms with E-state index >= 15 is 0 Å². The normalized spacial score (nSPS) is 12.6. The first kappa shape index (κ1) is 15.7. The van der Waals surface area contributed by atoms with Crippen molar-refractivity contribution in [2.45, 2.75) is 19.0 Å². The highest BCUT2D eigenvalue weighted by molar-refractivity contribution is 6.73. The van der Waals surface area contributed by atoms with Crippen LogP contribution in [0.2, 0.25) is 0 Å². The molecule has 0 saturated carbocycles. The molecule has 0 N–H and O–H groups in total. The number of alkyl halides is 3. The maximum atomic E-state index is 13.1. The van der Waals surface area contributed by atoms with Gasteiger partial charge in [0.05, 0.1) is 12.4 Å². The molecular formula is C10H9BF7O-. The van der Waals surface area contributed by atoms with E-state index < -0.39 is 30.9 Å². The highest BCUT2D eigenvalue weighted by Crippen LogP contribution is 2.22. The minimum absolute atomic E-state index is 0.233. The van der Waals surface area contributed by atoms with E-state index in [2.05, 4.69) is 0 Å². The highest BCUT2D eigenvalue weighted by atomic mass is 19.4. The van der Waals surface area contributed by atoms with E-state index in [0.717, 1.165) is 6.07 Å². The second-order valence-electron chi connectivity index (χ2n) is 3.83. The number of hydrogen-bond acceptors (Lipinski definition) is 1. The van der Waals surface area contributed by atoms with Gasteiger partial charge in [0.15, 0.2) is 0 Å². The molecule has 1 aromatic carbocycles. The molecule has 0 atom stereocenters. The molecule has 0 heterocycles. The van der Waals surface area contributed by atoms with Crippen LogP contribution in [-0.2, 0) is 0 Å². The monoisotopic (exact) mass is 289 g/mol. The maximum Gasteiger partial charge on any atom is 0.512 e. The summed E-state index contributed by atoms with van der Waals surface area (Å²) in [7, 11) is 0. The van der Waals surface area contributed by atoms with Crippen LogP contribution in [0.1, 0.15) is 12.8 Å². The lowest BCUT2D eigenvalue weighted by atomic mass is 9.80. The van der Waals surface area contributed by atoms with Gasteiger partial charge in [0.2, 0.25) is 0 Å². The van der Waals surface area contributed by atoms with Gasteiger partial charge in [0.1, 0.15) is 5.75 Å². The van der Waals surface area contributed by atoms with Gasteiger partial charge in [-0.1, -0.05) is 11.5 Å². The molecule has 0 aromatic heterocycles.